The quantitative estimate of drug-likeness (QED) is 0.483. The number of hydrogen-bond acceptors (Lipinski definition) is 3. The van der Waals surface area contributed by atoms with Gasteiger partial charge < -0.3 is 4.74 Å². The fourth-order valence-electron chi connectivity index (χ4n) is 1.22. The molecule has 0 unspecified atom stereocenters. The third-order valence-corrected chi connectivity index (χ3v) is 2.45. The minimum atomic E-state index is -0.253. The molecular formula is C12H16O2S. The number of carbonyl (C=O) groups is 1. The number of hydrogen-bond donors (Lipinski definition) is 1. The predicted octanol–water partition coefficient (Wildman–Crippen LogP) is 3.24. The van der Waals surface area contributed by atoms with Crippen molar-refractivity contribution in [2.75, 3.05) is 6.61 Å². The van der Waals surface area contributed by atoms with E-state index in [0.717, 1.165) is 23.3 Å². The maximum atomic E-state index is 11.6. The van der Waals surface area contributed by atoms with Crippen LogP contribution in [0.5, 0.6) is 0 Å². The minimum Gasteiger partial charge on any atom is -0.462 e. The predicted molar refractivity (Wildman–Crippen MR) is 63.6 cm³/mol. The molecule has 0 fully saturated rings. The first-order valence-corrected chi connectivity index (χ1v) is 5.56. The largest absolute Gasteiger partial charge is 0.462 e. The lowest BCUT2D eigenvalue weighted by molar-refractivity contribution is 0.0498. The van der Waals surface area contributed by atoms with E-state index in [4.69, 9.17) is 4.74 Å². The van der Waals surface area contributed by atoms with Gasteiger partial charge in [-0.2, -0.15) is 0 Å². The van der Waals surface area contributed by atoms with E-state index in [0.29, 0.717) is 12.2 Å². The molecule has 0 bridgehead atoms. The molecule has 0 heterocycles. The average molecular weight is 224 g/mol. The number of ether oxygens (including phenoxy) is 1. The van der Waals surface area contributed by atoms with Gasteiger partial charge in [0.1, 0.15) is 0 Å². The van der Waals surface area contributed by atoms with Crippen molar-refractivity contribution < 1.29 is 9.53 Å². The Bertz CT molecular complexity index is 347. The van der Waals surface area contributed by atoms with Crippen molar-refractivity contribution in [2.24, 2.45) is 0 Å². The summed E-state index contributed by atoms with van der Waals surface area (Å²) in [5.74, 6) is -0.253. The van der Waals surface area contributed by atoms with Gasteiger partial charge in [-0.25, -0.2) is 4.79 Å². The first-order chi connectivity index (χ1) is 7.15. The highest BCUT2D eigenvalue weighted by Gasteiger charge is 2.10. The van der Waals surface area contributed by atoms with Gasteiger partial charge in [0.05, 0.1) is 12.2 Å². The van der Waals surface area contributed by atoms with Crippen LogP contribution in [0.3, 0.4) is 0 Å². The molecule has 2 nitrogen and oxygen atoms in total. The minimum absolute atomic E-state index is 0.253. The van der Waals surface area contributed by atoms with E-state index in [9.17, 15) is 4.79 Å². The van der Waals surface area contributed by atoms with Gasteiger partial charge >= 0.3 is 5.97 Å². The van der Waals surface area contributed by atoms with Crippen LogP contribution < -0.4 is 0 Å². The molecule has 1 aromatic carbocycles. The molecule has 0 saturated carbocycles. The van der Waals surface area contributed by atoms with E-state index in [1.54, 1.807) is 6.07 Å². The monoisotopic (exact) mass is 224 g/mol. The van der Waals surface area contributed by atoms with Crippen LogP contribution in [0.1, 0.15) is 35.7 Å². The topological polar surface area (TPSA) is 26.3 Å². The van der Waals surface area contributed by atoms with Gasteiger partial charge in [0, 0.05) is 4.90 Å². The van der Waals surface area contributed by atoms with Crippen LogP contribution in [0.4, 0.5) is 0 Å². The zero-order valence-electron chi connectivity index (χ0n) is 9.12. The van der Waals surface area contributed by atoms with Crippen molar-refractivity contribution in [1.82, 2.24) is 0 Å². The zero-order valence-corrected chi connectivity index (χ0v) is 10.0. The normalized spacial score (nSPS) is 10.1. The highest BCUT2D eigenvalue weighted by Crippen LogP contribution is 2.15. The van der Waals surface area contributed by atoms with Crippen LogP contribution in [0.25, 0.3) is 0 Å². The Hall–Kier alpha value is -0.960. The van der Waals surface area contributed by atoms with Crippen molar-refractivity contribution in [2.45, 2.75) is 31.6 Å². The number of rotatable bonds is 4. The fraction of sp³-hybridized carbons (Fsp3) is 0.417. The maximum absolute atomic E-state index is 11.6. The molecular weight excluding hydrogens is 208 g/mol. The van der Waals surface area contributed by atoms with Gasteiger partial charge in [-0.3, -0.25) is 0 Å². The van der Waals surface area contributed by atoms with E-state index in [1.807, 2.05) is 19.1 Å². The lowest BCUT2D eigenvalue weighted by Gasteiger charge is -2.06. The summed E-state index contributed by atoms with van der Waals surface area (Å²) in [6, 6.07) is 5.48. The standard InChI is InChI=1S/C12H16O2S/c1-3-4-7-14-12(13)11-8-10(15)6-5-9(11)2/h5-6,8,15H,3-4,7H2,1-2H3. The summed E-state index contributed by atoms with van der Waals surface area (Å²) in [7, 11) is 0. The van der Waals surface area contributed by atoms with Gasteiger partial charge in [0.25, 0.3) is 0 Å². The molecule has 1 rings (SSSR count). The summed E-state index contributed by atoms with van der Waals surface area (Å²) in [6.45, 7) is 4.45. The van der Waals surface area contributed by atoms with E-state index in [1.165, 1.54) is 0 Å². The molecule has 15 heavy (non-hydrogen) atoms. The Kier molecular flexibility index (Phi) is 4.69. The summed E-state index contributed by atoms with van der Waals surface area (Å²) in [5.41, 5.74) is 1.54. The number of benzene rings is 1. The molecule has 0 aliphatic rings. The molecule has 0 atom stereocenters. The molecule has 0 aromatic heterocycles. The van der Waals surface area contributed by atoms with Gasteiger partial charge in [-0.15, -0.1) is 12.6 Å². The average Bonchev–Trinajstić information content (AvgIpc) is 2.22. The van der Waals surface area contributed by atoms with Crippen LogP contribution in [-0.4, -0.2) is 12.6 Å². The van der Waals surface area contributed by atoms with E-state index >= 15 is 0 Å². The Morgan fingerprint density at radius 2 is 2.20 bits per heavy atom. The molecule has 0 amide bonds. The van der Waals surface area contributed by atoms with E-state index in [-0.39, 0.29) is 5.97 Å². The van der Waals surface area contributed by atoms with Crippen molar-refractivity contribution in [3.8, 4) is 0 Å². The molecule has 1 aromatic rings. The van der Waals surface area contributed by atoms with Crippen LogP contribution in [0, 0.1) is 6.92 Å². The summed E-state index contributed by atoms with van der Waals surface area (Å²) in [4.78, 5) is 12.4. The number of aryl methyl sites for hydroxylation is 1. The first kappa shape index (κ1) is 12.1. The third kappa shape index (κ3) is 3.59. The molecule has 0 N–H and O–H groups in total. The highest BCUT2D eigenvalue weighted by atomic mass is 32.1. The summed E-state index contributed by atoms with van der Waals surface area (Å²) in [5, 5.41) is 0. The number of unbranched alkanes of at least 4 members (excludes halogenated alkanes) is 1. The van der Waals surface area contributed by atoms with Gasteiger partial charge in [-0.1, -0.05) is 19.4 Å². The molecule has 3 heteroatoms. The second kappa shape index (κ2) is 5.81. The number of esters is 1. The first-order valence-electron chi connectivity index (χ1n) is 5.12. The molecule has 0 aliphatic heterocycles. The number of carbonyl (C=O) groups excluding carboxylic acids is 1. The lowest BCUT2D eigenvalue weighted by atomic mass is 10.1. The fourth-order valence-corrected chi connectivity index (χ4v) is 1.42. The summed E-state index contributed by atoms with van der Waals surface area (Å²) >= 11 is 4.20. The molecule has 0 saturated heterocycles. The van der Waals surface area contributed by atoms with Crippen molar-refractivity contribution in [1.29, 1.82) is 0 Å². The molecule has 0 spiro atoms. The smallest absolute Gasteiger partial charge is 0.338 e. The summed E-state index contributed by atoms with van der Waals surface area (Å²) < 4.78 is 5.13. The van der Waals surface area contributed by atoms with E-state index < -0.39 is 0 Å². The van der Waals surface area contributed by atoms with Crippen LogP contribution >= 0.6 is 12.6 Å². The van der Waals surface area contributed by atoms with E-state index in [2.05, 4.69) is 19.6 Å². The highest BCUT2D eigenvalue weighted by molar-refractivity contribution is 7.80. The van der Waals surface area contributed by atoms with Crippen molar-refractivity contribution in [3.05, 3.63) is 29.3 Å². The Morgan fingerprint density at radius 1 is 1.47 bits per heavy atom. The number of thiol groups is 1. The Balaban J connectivity index is 2.68. The molecule has 0 radical (unpaired) electrons. The molecule has 0 aliphatic carbocycles. The van der Waals surface area contributed by atoms with Gasteiger partial charge in [-0.05, 0) is 31.0 Å². The van der Waals surface area contributed by atoms with Crippen molar-refractivity contribution >= 4 is 18.6 Å². The Morgan fingerprint density at radius 3 is 2.87 bits per heavy atom. The van der Waals surface area contributed by atoms with Gasteiger partial charge in [0.2, 0.25) is 0 Å². The van der Waals surface area contributed by atoms with Gasteiger partial charge in [0.15, 0.2) is 0 Å². The lowest BCUT2D eigenvalue weighted by Crippen LogP contribution is -2.08. The van der Waals surface area contributed by atoms with Crippen LogP contribution in [0.15, 0.2) is 23.1 Å². The third-order valence-electron chi connectivity index (χ3n) is 2.17. The Labute approximate surface area is 96.1 Å². The second-order valence-corrected chi connectivity index (χ2v) is 4.01. The maximum Gasteiger partial charge on any atom is 0.338 e. The van der Waals surface area contributed by atoms with Crippen LogP contribution in [-0.2, 0) is 4.74 Å². The SMILES string of the molecule is CCCCOC(=O)c1cc(S)ccc1C. The van der Waals surface area contributed by atoms with Crippen LogP contribution in [0.2, 0.25) is 0 Å². The molecule has 82 valence electrons. The summed E-state index contributed by atoms with van der Waals surface area (Å²) in [6.07, 6.45) is 1.93. The van der Waals surface area contributed by atoms with Crippen molar-refractivity contribution in [3.63, 3.8) is 0 Å². The zero-order chi connectivity index (χ0) is 11.3. The second-order valence-electron chi connectivity index (χ2n) is 3.49.